The van der Waals surface area contributed by atoms with E-state index in [9.17, 15) is 5.11 Å². The number of benzene rings is 4. The molecule has 4 aromatic rings. The largest absolute Gasteiger partial charge is 0.506 e. The zero-order valence-electron chi connectivity index (χ0n) is 15.5. The maximum atomic E-state index is 10.6. The smallest absolute Gasteiger partial charge is 0.138 e. The Hall–Kier alpha value is -3.26. The zero-order chi connectivity index (χ0) is 18.7. The third-order valence-electron chi connectivity index (χ3n) is 6.50. The monoisotopic (exact) mass is 363 g/mol. The molecule has 28 heavy (non-hydrogen) atoms. The number of anilines is 1. The summed E-state index contributed by atoms with van der Waals surface area (Å²) in [5.74, 6) is 1.13. The molecule has 2 nitrogen and oxygen atoms in total. The van der Waals surface area contributed by atoms with E-state index >= 15 is 0 Å². The molecule has 0 aromatic heterocycles. The minimum absolute atomic E-state index is 0.150. The molecule has 2 aliphatic rings. The molecule has 0 saturated carbocycles. The summed E-state index contributed by atoms with van der Waals surface area (Å²) in [5, 5.41) is 19.5. The topological polar surface area (TPSA) is 32.3 Å². The molecule has 2 heteroatoms. The number of allylic oxidation sites excluding steroid dienone is 2. The van der Waals surface area contributed by atoms with E-state index in [1.54, 1.807) is 6.07 Å². The summed E-state index contributed by atoms with van der Waals surface area (Å²) >= 11 is 0. The Morgan fingerprint density at radius 2 is 1.54 bits per heavy atom. The van der Waals surface area contributed by atoms with E-state index in [1.165, 1.54) is 32.7 Å². The van der Waals surface area contributed by atoms with Gasteiger partial charge in [0, 0.05) is 5.92 Å². The van der Waals surface area contributed by atoms with Crippen molar-refractivity contribution in [3.63, 3.8) is 0 Å². The van der Waals surface area contributed by atoms with E-state index in [0.717, 1.165) is 12.1 Å². The summed E-state index contributed by atoms with van der Waals surface area (Å²) in [4.78, 5) is 0. The zero-order valence-corrected chi connectivity index (χ0v) is 15.5. The lowest BCUT2D eigenvalue weighted by Crippen LogP contribution is -2.29. The van der Waals surface area contributed by atoms with E-state index in [0.29, 0.717) is 17.6 Å². The van der Waals surface area contributed by atoms with Gasteiger partial charge in [0.05, 0.1) is 11.7 Å². The molecule has 1 aliphatic carbocycles. The minimum atomic E-state index is 0.150. The third-order valence-corrected chi connectivity index (χ3v) is 6.50. The van der Waals surface area contributed by atoms with Gasteiger partial charge in [-0.25, -0.2) is 0 Å². The van der Waals surface area contributed by atoms with Crippen molar-refractivity contribution in [1.29, 1.82) is 0 Å². The molecule has 136 valence electrons. The Labute approximate surface area is 164 Å². The average molecular weight is 363 g/mol. The molecule has 0 radical (unpaired) electrons. The maximum Gasteiger partial charge on any atom is 0.138 e. The molecule has 2 N–H and O–H groups in total. The van der Waals surface area contributed by atoms with Crippen molar-refractivity contribution in [2.24, 2.45) is 5.92 Å². The van der Waals surface area contributed by atoms with Crippen molar-refractivity contribution in [3.05, 3.63) is 96.1 Å². The molecule has 1 heterocycles. The van der Waals surface area contributed by atoms with Gasteiger partial charge in [-0.05, 0) is 57.1 Å². The SMILES string of the molecule is Oc1cccc2c1NC(c1c3ccccc3cc3ccccc13)C1CC=CC21. The molecule has 3 atom stereocenters. The second-order valence-corrected chi connectivity index (χ2v) is 7.95. The van der Waals surface area contributed by atoms with Crippen molar-refractivity contribution in [2.75, 3.05) is 5.32 Å². The van der Waals surface area contributed by atoms with Crippen LogP contribution in [0.5, 0.6) is 5.75 Å². The normalized spacial score (nSPS) is 22.8. The van der Waals surface area contributed by atoms with Gasteiger partial charge in [0.1, 0.15) is 5.75 Å². The molecular formula is C26H21NO. The summed E-state index contributed by atoms with van der Waals surface area (Å²) in [5.41, 5.74) is 3.44. The number of nitrogens with one attached hydrogen (secondary N) is 1. The summed E-state index contributed by atoms with van der Waals surface area (Å²) in [6.07, 6.45) is 5.68. The van der Waals surface area contributed by atoms with Crippen LogP contribution in [0.1, 0.15) is 29.5 Å². The van der Waals surface area contributed by atoms with Gasteiger partial charge < -0.3 is 10.4 Å². The van der Waals surface area contributed by atoms with Crippen LogP contribution in [0, 0.1) is 5.92 Å². The predicted octanol–water partition coefficient (Wildman–Crippen LogP) is 6.53. The predicted molar refractivity (Wildman–Crippen MR) is 116 cm³/mol. The number of phenolic OH excluding ortho intramolecular Hbond substituents is 1. The number of para-hydroxylation sites is 1. The summed E-state index contributed by atoms with van der Waals surface area (Å²) in [6, 6.07) is 25.6. The second kappa shape index (κ2) is 5.87. The van der Waals surface area contributed by atoms with Crippen LogP contribution in [0.15, 0.2) is 84.9 Å². The molecule has 0 fully saturated rings. The lowest BCUT2D eigenvalue weighted by atomic mass is 9.75. The number of hydrogen-bond donors (Lipinski definition) is 2. The van der Waals surface area contributed by atoms with Crippen LogP contribution in [0.4, 0.5) is 5.69 Å². The van der Waals surface area contributed by atoms with Gasteiger partial charge >= 0.3 is 0 Å². The van der Waals surface area contributed by atoms with Crippen LogP contribution in [-0.4, -0.2) is 5.11 Å². The van der Waals surface area contributed by atoms with Crippen LogP contribution in [0.25, 0.3) is 21.5 Å². The van der Waals surface area contributed by atoms with E-state index in [1.807, 2.05) is 6.07 Å². The highest BCUT2D eigenvalue weighted by atomic mass is 16.3. The molecule has 3 unspecified atom stereocenters. The van der Waals surface area contributed by atoms with Crippen LogP contribution in [-0.2, 0) is 0 Å². The van der Waals surface area contributed by atoms with Gasteiger partial charge in [0.25, 0.3) is 0 Å². The van der Waals surface area contributed by atoms with E-state index in [4.69, 9.17) is 0 Å². The second-order valence-electron chi connectivity index (χ2n) is 7.95. The van der Waals surface area contributed by atoms with Crippen LogP contribution in [0.3, 0.4) is 0 Å². The molecular weight excluding hydrogens is 342 g/mol. The first-order valence-corrected chi connectivity index (χ1v) is 9.97. The first kappa shape index (κ1) is 15.8. The van der Waals surface area contributed by atoms with E-state index in [-0.39, 0.29) is 6.04 Å². The standard InChI is InChI=1S/C26H21NO/c28-23-14-6-13-21-20-11-5-12-22(20)26(27-25(21)23)24-18-9-3-1-7-16(18)15-17-8-2-4-10-19(17)24/h1-11,13-15,20,22,26-28H,12H2. The van der Waals surface area contributed by atoms with E-state index < -0.39 is 0 Å². The van der Waals surface area contributed by atoms with Crippen molar-refractivity contribution in [3.8, 4) is 5.75 Å². The third kappa shape index (κ3) is 2.15. The van der Waals surface area contributed by atoms with Crippen molar-refractivity contribution in [1.82, 2.24) is 0 Å². The highest BCUT2D eigenvalue weighted by Gasteiger charge is 2.39. The van der Waals surface area contributed by atoms with Gasteiger partial charge in [0.15, 0.2) is 0 Å². The van der Waals surface area contributed by atoms with Crippen LogP contribution >= 0.6 is 0 Å². The lowest BCUT2D eigenvalue weighted by Gasteiger charge is -2.38. The van der Waals surface area contributed by atoms with Gasteiger partial charge in [-0.2, -0.15) is 0 Å². The van der Waals surface area contributed by atoms with Gasteiger partial charge in [-0.3, -0.25) is 0 Å². The first-order valence-electron chi connectivity index (χ1n) is 9.97. The summed E-state index contributed by atoms with van der Waals surface area (Å²) in [6.45, 7) is 0. The average Bonchev–Trinajstić information content (AvgIpc) is 3.22. The molecule has 0 spiro atoms. The van der Waals surface area contributed by atoms with Gasteiger partial charge in [0.2, 0.25) is 0 Å². The molecule has 0 amide bonds. The fraction of sp³-hybridized carbons (Fsp3) is 0.154. The molecule has 6 rings (SSSR count). The number of fused-ring (bicyclic) bond motifs is 5. The Bertz CT molecular complexity index is 1200. The minimum Gasteiger partial charge on any atom is -0.506 e. The van der Waals surface area contributed by atoms with Gasteiger partial charge in [-0.1, -0.05) is 72.8 Å². The fourth-order valence-corrected chi connectivity index (χ4v) is 5.27. The number of rotatable bonds is 1. The van der Waals surface area contributed by atoms with Crippen LogP contribution < -0.4 is 5.32 Å². The highest BCUT2D eigenvalue weighted by molar-refractivity contribution is 6.03. The number of phenols is 1. The lowest BCUT2D eigenvalue weighted by molar-refractivity contribution is 0.418. The maximum absolute atomic E-state index is 10.6. The summed E-state index contributed by atoms with van der Waals surface area (Å²) in [7, 11) is 0. The number of aromatic hydroxyl groups is 1. The van der Waals surface area contributed by atoms with Crippen LogP contribution in [0.2, 0.25) is 0 Å². The quantitative estimate of drug-likeness (QED) is 0.229. The Morgan fingerprint density at radius 1 is 0.821 bits per heavy atom. The van der Waals surface area contributed by atoms with Gasteiger partial charge in [-0.15, -0.1) is 0 Å². The molecule has 0 bridgehead atoms. The Balaban J connectivity index is 1.66. The Morgan fingerprint density at radius 3 is 2.29 bits per heavy atom. The highest BCUT2D eigenvalue weighted by Crippen LogP contribution is 2.53. The molecule has 4 aromatic carbocycles. The van der Waals surface area contributed by atoms with Crippen molar-refractivity contribution in [2.45, 2.75) is 18.4 Å². The van der Waals surface area contributed by atoms with Crippen molar-refractivity contribution >= 4 is 27.2 Å². The summed E-state index contributed by atoms with van der Waals surface area (Å²) < 4.78 is 0. The molecule has 1 aliphatic heterocycles. The first-order chi connectivity index (χ1) is 13.8. The Kier molecular flexibility index (Phi) is 3.30. The number of hydrogen-bond acceptors (Lipinski definition) is 2. The van der Waals surface area contributed by atoms with E-state index in [2.05, 4.69) is 78.1 Å². The fourth-order valence-electron chi connectivity index (χ4n) is 5.27. The molecule has 0 saturated heterocycles. The van der Waals surface area contributed by atoms with Crippen molar-refractivity contribution < 1.29 is 5.11 Å².